The molecule has 0 heterocycles. The lowest BCUT2D eigenvalue weighted by atomic mass is 10.0. The van der Waals surface area contributed by atoms with Crippen LogP contribution in [0, 0.1) is 0 Å². The minimum absolute atomic E-state index is 0.0220. The Kier molecular flexibility index (Phi) is 8.25. The molecule has 2 aromatic rings. The van der Waals surface area contributed by atoms with E-state index in [-0.39, 0.29) is 18.2 Å². The standard InChI is InChI=1S/C22H27F3N2O3/c1-3-20(21(26)29)30-18-9-7-15(8-10-18)11-14(2)27-13-19(28)16-5-4-6-17(12-16)22(23,24)25/h4-10,12,14,19-20,27-28H,3,11,13H2,1-2H3,(H2,26,29). The molecule has 0 bridgehead atoms. The van der Waals surface area contributed by atoms with Crippen molar-refractivity contribution in [2.45, 2.75) is 51.1 Å². The van der Waals surface area contributed by atoms with Gasteiger partial charge in [0, 0.05) is 12.6 Å². The Bertz CT molecular complexity index is 825. The predicted octanol–water partition coefficient (Wildman–Crippen LogP) is 3.60. The highest BCUT2D eigenvalue weighted by atomic mass is 19.4. The second-order valence-electron chi connectivity index (χ2n) is 7.21. The lowest BCUT2D eigenvalue weighted by Crippen LogP contribution is -2.33. The third kappa shape index (κ3) is 7.03. The largest absolute Gasteiger partial charge is 0.481 e. The number of primary amides is 1. The Labute approximate surface area is 174 Å². The topological polar surface area (TPSA) is 84.6 Å². The Hall–Kier alpha value is -2.58. The average Bonchev–Trinajstić information content (AvgIpc) is 2.70. The van der Waals surface area contributed by atoms with Gasteiger partial charge in [0.15, 0.2) is 6.10 Å². The quantitative estimate of drug-likeness (QED) is 0.544. The number of halogens is 3. The van der Waals surface area contributed by atoms with Crippen LogP contribution in [0.3, 0.4) is 0 Å². The molecule has 164 valence electrons. The van der Waals surface area contributed by atoms with Crippen LogP contribution in [-0.4, -0.2) is 29.7 Å². The molecule has 0 aliphatic carbocycles. The molecule has 0 aliphatic heterocycles. The van der Waals surface area contributed by atoms with Gasteiger partial charge in [-0.1, -0.05) is 31.2 Å². The summed E-state index contributed by atoms with van der Waals surface area (Å²) >= 11 is 0. The summed E-state index contributed by atoms with van der Waals surface area (Å²) in [4.78, 5) is 11.3. The molecule has 0 spiro atoms. The van der Waals surface area contributed by atoms with Crippen LogP contribution in [0.1, 0.15) is 43.1 Å². The lowest BCUT2D eigenvalue weighted by Gasteiger charge is -2.19. The van der Waals surface area contributed by atoms with Crippen LogP contribution < -0.4 is 15.8 Å². The summed E-state index contributed by atoms with van der Waals surface area (Å²) in [5.41, 5.74) is 5.71. The minimum atomic E-state index is -4.44. The first-order valence-corrected chi connectivity index (χ1v) is 9.73. The molecule has 5 nitrogen and oxygen atoms in total. The summed E-state index contributed by atoms with van der Waals surface area (Å²) < 4.78 is 44.0. The number of hydrogen-bond acceptors (Lipinski definition) is 4. The average molecular weight is 424 g/mol. The number of carbonyl (C=O) groups excluding carboxylic acids is 1. The van der Waals surface area contributed by atoms with E-state index < -0.39 is 29.9 Å². The maximum atomic E-state index is 12.8. The molecule has 30 heavy (non-hydrogen) atoms. The van der Waals surface area contributed by atoms with Crippen molar-refractivity contribution in [3.63, 3.8) is 0 Å². The first kappa shape index (κ1) is 23.7. The number of nitrogens with two attached hydrogens (primary N) is 1. The van der Waals surface area contributed by atoms with E-state index in [0.29, 0.717) is 18.6 Å². The van der Waals surface area contributed by atoms with E-state index in [2.05, 4.69) is 5.32 Å². The van der Waals surface area contributed by atoms with Crippen molar-refractivity contribution in [1.29, 1.82) is 0 Å². The molecule has 1 amide bonds. The van der Waals surface area contributed by atoms with Gasteiger partial charge in [0.25, 0.3) is 5.91 Å². The van der Waals surface area contributed by atoms with Crippen molar-refractivity contribution in [3.8, 4) is 5.75 Å². The fraction of sp³-hybridized carbons (Fsp3) is 0.409. The van der Waals surface area contributed by atoms with Gasteiger partial charge in [0.2, 0.25) is 0 Å². The molecule has 0 saturated heterocycles. The van der Waals surface area contributed by atoms with Gasteiger partial charge in [-0.25, -0.2) is 0 Å². The monoisotopic (exact) mass is 424 g/mol. The van der Waals surface area contributed by atoms with Gasteiger partial charge >= 0.3 is 6.18 Å². The number of rotatable bonds is 10. The Morgan fingerprint density at radius 2 is 1.87 bits per heavy atom. The van der Waals surface area contributed by atoms with E-state index in [4.69, 9.17) is 10.5 Å². The highest BCUT2D eigenvalue weighted by Gasteiger charge is 2.30. The zero-order chi connectivity index (χ0) is 22.3. The van der Waals surface area contributed by atoms with Crippen LogP contribution in [0.15, 0.2) is 48.5 Å². The van der Waals surface area contributed by atoms with Gasteiger partial charge in [0.05, 0.1) is 11.7 Å². The van der Waals surface area contributed by atoms with Crippen LogP contribution in [0.5, 0.6) is 5.75 Å². The summed E-state index contributed by atoms with van der Waals surface area (Å²) in [6.45, 7) is 3.86. The van der Waals surface area contributed by atoms with Crippen molar-refractivity contribution in [2.75, 3.05) is 6.54 Å². The summed E-state index contributed by atoms with van der Waals surface area (Å²) in [6, 6.07) is 11.9. The second-order valence-corrected chi connectivity index (χ2v) is 7.21. The van der Waals surface area contributed by atoms with Gasteiger partial charge < -0.3 is 20.9 Å². The number of hydrogen-bond donors (Lipinski definition) is 3. The van der Waals surface area contributed by atoms with Gasteiger partial charge in [-0.15, -0.1) is 0 Å². The summed E-state index contributed by atoms with van der Waals surface area (Å²) in [7, 11) is 0. The third-order valence-corrected chi connectivity index (χ3v) is 4.69. The summed E-state index contributed by atoms with van der Waals surface area (Å²) in [5, 5.41) is 13.4. The van der Waals surface area contributed by atoms with Gasteiger partial charge in [-0.3, -0.25) is 4.79 Å². The second kappa shape index (κ2) is 10.4. The van der Waals surface area contributed by atoms with Gasteiger partial charge in [-0.05, 0) is 55.2 Å². The van der Waals surface area contributed by atoms with E-state index in [1.165, 1.54) is 12.1 Å². The van der Waals surface area contributed by atoms with Crippen LogP contribution in [0.4, 0.5) is 13.2 Å². The maximum Gasteiger partial charge on any atom is 0.416 e. The highest BCUT2D eigenvalue weighted by molar-refractivity contribution is 5.79. The van der Waals surface area contributed by atoms with E-state index >= 15 is 0 Å². The van der Waals surface area contributed by atoms with Crippen LogP contribution in [-0.2, 0) is 17.4 Å². The number of nitrogens with one attached hydrogen (secondary N) is 1. The number of ether oxygens (including phenoxy) is 1. The number of aliphatic hydroxyl groups is 1. The van der Waals surface area contributed by atoms with Crippen molar-refractivity contribution in [2.24, 2.45) is 5.73 Å². The van der Waals surface area contributed by atoms with Crippen LogP contribution in [0.25, 0.3) is 0 Å². The van der Waals surface area contributed by atoms with Crippen molar-refractivity contribution in [3.05, 3.63) is 65.2 Å². The molecule has 0 fully saturated rings. The normalized spacial score (nSPS) is 14.7. The van der Waals surface area contributed by atoms with Crippen molar-refractivity contribution in [1.82, 2.24) is 5.32 Å². The number of benzene rings is 2. The van der Waals surface area contributed by atoms with Gasteiger partial charge in [0.1, 0.15) is 5.75 Å². The molecule has 4 N–H and O–H groups in total. The fourth-order valence-corrected chi connectivity index (χ4v) is 2.99. The van der Waals surface area contributed by atoms with E-state index in [1.807, 2.05) is 26.0 Å². The molecule has 0 aromatic heterocycles. The smallest absolute Gasteiger partial charge is 0.416 e. The zero-order valence-corrected chi connectivity index (χ0v) is 16.9. The Morgan fingerprint density at radius 1 is 1.20 bits per heavy atom. The summed E-state index contributed by atoms with van der Waals surface area (Å²) in [6.07, 6.45) is -5.05. The molecule has 0 radical (unpaired) electrons. The Morgan fingerprint density at radius 3 is 2.43 bits per heavy atom. The van der Waals surface area contributed by atoms with E-state index in [9.17, 15) is 23.1 Å². The van der Waals surface area contributed by atoms with Gasteiger partial charge in [-0.2, -0.15) is 13.2 Å². The third-order valence-electron chi connectivity index (χ3n) is 4.69. The fourth-order valence-electron chi connectivity index (χ4n) is 2.99. The molecule has 0 saturated carbocycles. The molecule has 3 unspecified atom stereocenters. The van der Waals surface area contributed by atoms with E-state index in [1.54, 1.807) is 12.1 Å². The molecule has 8 heteroatoms. The maximum absolute atomic E-state index is 12.8. The van der Waals surface area contributed by atoms with E-state index in [0.717, 1.165) is 17.7 Å². The first-order valence-electron chi connectivity index (χ1n) is 9.73. The first-order chi connectivity index (χ1) is 14.1. The molecule has 3 atom stereocenters. The zero-order valence-electron chi connectivity index (χ0n) is 16.9. The number of amides is 1. The number of alkyl halides is 3. The number of aliphatic hydroxyl groups excluding tert-OH is 1. The van der Waals surface area contributed by atoms with Crippen LogP contribution >= 0.6 is 0 Å². The number of carbonyl (C=O) groups is 1. The van der Waals surface area contributed by atoms with Crippen molar-refractivity contribution >= 4 is 5.91 Å². The SMILES string of the molecule is CCC(Oc1ccc(CC(C)NCC(O)c2cccc(C(F)(F)F)c2)cc1)C(N)=O. The molecule has 0 aliphatic rings. The summed E-state index contributed by atoms with van der Waals surface area (Å²) in [5.74, 6) is 0.0312. The molecular formula is C22H27F3N2O3. The highest BCUT2D eigenvalue weighted by Crippen LogP contribution is 2.30. The Balaban J connectivity index is 1.87. The molecule has 2 rings (SSSR count). The molecular weight excluding hydrogens is 397 g/mol. The minimum Gasteiger partial charge on any atom is -0.481 e. The van der Waals surface area contributed by atoms with Crippen LogP contribution in [0.2, 0.25) is 0 Å². The predicted molar refractivity (Wildman–Crippen MR) is 108 cm³/mol. The lowest BCUT2D eigenvalue weighted by molar-refractivity contribution is -0.137. The molecule has 2 aromatic carbocycles. The van der Waals surface area contributed by atoms with Crippen molar-refractivity contribution < 1.29 is 27.8 Å².